The van der Waals surface area contributed by atoms with Crippen LogP contribution in [-0.4, -0.2) is 43.9 Å². The van der Waals surface area contributed by atoms with Crippen LogP contribution >= 0.6 is 0 Å². The van der Waals surface area contributed by atoms with Crippen molar-refractivity contribution in [1.29, 1.82) is 0 Å². The molecule has 0 spiro atoms. The van der Waals surface area contributed by atoms with Crippen LogP contribution in [0.2, 0.25) is 0 Å². The number of alkyl halides is 3. The van der Waals surface area contributed by atoms with Crippen LogP contribution in [0.3, 0.4) is 0 Å². The third-order valence-corrected chi connectivity index (χ3v) is 5.53. The van der Waals surface area contributed by atoms with Gasteiger partial charge in [0.2, 0.25) is 5.91 Å². The highest BCUT2D eigenvalue weighted by Crippen LogP contribution is 2.30. The number of amides is 3. The lowest BCUT2D eigenvalue weighted by molar-refractivity contribution is -0.137. The molecule has 1 saturated heterocycles. The first-order chi connectivity index (χ1) is 12.0. The number of benzene rings is 1. The highest BCUT2D eigenvalue weighted by molar-refractivity contribution is 7.91. The number of carbonyl (C=O) groups excluding carboxylic acids is 2. The van der Waals surface area contributed by atoms with Crippen molar-refractivity contribution in [2.24, 2.45) is 0 Å². The number of rotatable bonds is 4. The van der Waals surface area contributed by atoms with E-state index in [2.05, 4.69) is 16.0 Å². The second-order valence-corrected chi connectivity index (χ2v) is 8.24. The van der Waals surface area contributed by atoms with Gasteiger partial charge in [-0.1, -0.05) is 6.07 Å². The summed E-state index contributed by atoms with van der Waals surface area (Å²) in [4.78, 5) is 23.8. The Morgan fingerprint density at radius 3 is 2.54 bits per heavy atom. The quantitative estimate of drug-likeness (QED) is 0.721. The molecule has 2 rings (SSSR count). The van der Waals surface area contributed by atoms with E-state index in [1.807, 2.05) is 0 Å². The summed E-state index contributed by atoms with van der Waals surface area (Å²) in [5, 5.41) is 7.06. The van der Waals surface area contributed by atoms with Gasteiger partial charge in [-0.05, 0) is 31.5 Å². The van der Waals surface area contributed by atoms with Gasteiger partial charge in [0, 0.05) is 11.7 Å². The predicted molar refractivity (Wildman–Crippen MR) is 88.3 cm³/mol. The van der Waals surface area contributed by atoms with Crippen molar-refractivity contribution in [2.75, 3.05) is 16.8 Å². The van der Waals surface area contributed by atoms with Crippen LogP contribution in [0.1, 0.15) is 18.9 Å². The minimum Gasteiger partial charge on any atom is -0.334 e. The molecule has 1 aromatic carbocycles. The molecule has 7 nitrogen and oxygen atoms in total. The maximum atomic E-state index is 12.7. The van der Waals surface area contributed by atoms with E-state index in [1.54, 1.807) is 0 Å². The van der Waals surface area contributed by atoms with Crippen LogP contribution in [0.15, 0.2) is 24.3 Å². The fraction of sp³-hybridized carbons (Fsp3) is 0.467. The van der Waals surface area contributed by atoms with E-state index in [9.17, 15) is 31.2 Å². The van der Waals surface area contributed by atoms with Gasteiger partial charge in [0.25, 0.3) is 0 Å². The SMILES string of the molecule is C[C@H](NC(=O)N[C@@H]1CCS(=O)(=O)C1)C(=O)Nc1cccc(C(F)(F)F)c1. The summed E-state index contributed by atoms with van der Waals surface area (Å²) in [6.45, 7) is 1.36. The van der Waals surface area contributed by atoms with Gasteiger partial charge in [-0.15, -0.1) is 0 Å². The Morgan fingerprint density at radius 2 is 1.96 bits per heavy atom. The van der Waals surface area contributed by atoms with E-state index in [1.165, 1.54) is 13.0 Å². The summed E-state index contributed by atoms with van der Waals surface area (Å²) in [6, 6.07) is 1.82. The lowest BCUT2D eigenvalue weighted by Gasteiger charge is -2.17. The molecule has 144 valence electrons. The number of nitrogens with one attached hydrogen (secondary N) is 3. The zero-order valence-electron chi connectivity index (χ0n) is 13.8. The van der Waals surface area contributed by atoms with E-state index in [4.69, 9.17) is 0 Å². The molecule has 0 radical (unpaired) electrons. The molecule has 0 unspecified atom stereocenters. The van der Waals surface area contributed by atoms with Gasteiger partial charge in [0.1, 0.15) is 6.04 Å². The van der Waals surface area contributed by atoms with Crippen molar-refractivity contribution in [3.8, 4) is 0 Å². The molecule has 0 bridgehead atoms. The lowest BCUT2D eigenvalue weighted by atomic mass is 10.2. The Kier molecular flexibility index (Phi) is 5.79. The first-order valence-corrected chi connectivity index (χ1v) is 9.54. The first-order valence-electron chi connectivity index (χ1n) is 7.72. The summed E-state index contributed by atoms with van der Waals surface area (Å²) in [7, 11) is -3.16. The van der Waals surface area contributed by atoms with Crippen molar-refractivity contribution in [3.63, 3.8) is 0 Å². The normalized spacial score (nSPS) is 20.2. The first kappa shape index (κ1) is 20.0. The minimum atomic E-state index is -4.54. The Hall–Kier alpha value is -2.30. The molecule has 1 fully saturated rings. The Balaban J connectivity index is 1.88. The second kappa shape index (κ2) is 7.52. The Bertz CT molecular complexity index is 796. The number of hydrogen-bond acceptors (Lipinski definition) is 4. The van der Waals surface area contributed by atoms with Crippen molar-refractivity contribution in [3.05, 3.63) is 29.8 Å². The number of carbonyl (C=O) groups is 2. The predicted octanol–water partition coefficient (Wildman–Crippen LogP) is 1.52. The maximum Gasteiger partial charge on any atom is 0.416 e. The van der Waals surface area contributed by atoms with Crippen LogP contribution in [0.25, 0.3) is 0 Å². The van der Waals surface area contributed by atoms with Gasteiger partial charge < -0.3 is 16.0 Å². The zero-order valence-corrected chi connectivity index (χ0v) is 14.6. The van der Waals surface area contributed by atoms with Crippen LogP contribution < -0.4 is 16.0 Å². The third-order valence-electron chi connectivity index (χ3n) is 3.77. The molecule has 1 aromatic rings. The molecule has 1 aliphatic rings. The standard InChI is InChI=1S/C15H18F3N3O4S/c1-9(19-14(23)21-12-5-6-26(24,25)8-12)13(22)20-11-4-2-3-10(7-11)15(16,17)18/h2-4,7,9,12H,5-6,8H2,1H3,(H,20,22)(H2,19,21,23)/t9-,12+/m0/s1. The van der Waals surface area contributed by atoms with E-state index < -0.39 is 45.6 Å². The Labute approximate surface area is 148 Å². The summed E-state index contributed by atoms with van der Waals surface area (Å²) in [5.41, 5.74) is -0.961. The van der Waals surface area contributed by atoms with Gasteiger partial charge in [0.15, 0.2) is 9.84 Å². The second-order valence-electron chi connectivity index (χ2n) is 6.01. The van der Waals surface area contributed by atoms with Crippen molar-refractivity contribution in [1.82, 2.24) is 10.6 Å². The number of anilines is 1. The van der Waals surface area contributed by atoms with E-state index in [0.717, 1.165) is 18.2 Å². The number of sulfone groups is 1. The maximum absolute atomic E-state index is 12.7. The summed E-state index contributed by atoms with van der Waals surface area (Å²) in [5.74, 6) is -0.882. The number of halogens is 3. The van der Waals surface area contributed by atoms with Gasteiger partial charge >= 0.3 is 12.2 Å². The molecule has 3 N–H and O–H groups in total. The molecular weight excluding hydrogens is 375 g/mol. The van der Waals surface area contributed by atoms with Crippen LogP contribution in [0.4, 0.5) is 23.7 Å². The smallest absolute Gasteiger partial charge is 0.334 e. The van der Waals surface area contributed by atoms with E-state index in [0.29, 0.717) is 6.42 Å². The van der Waals surface area contributed by atoms with Crippen LogP contribution in [0, 0.1) is 0 Å². The monoisotopic (exact) mass is 393 g/mol. The van der Waals surface area contributed by atoms with E-state index in [-0.39, 0.29) is 17.2 Å². The largest absolute Gasteiger partial charge is 0.416 e. The molecular formula is C15H18F3N3O4S. The third kappa shape index (κ3) is 5.61. The average molecular weight is 393 g/mol. The Morgan fingerprint density at radius 1 is 1.27 bits per heavy atom. The molecule has 2 atom stereocenters. The fourth-order valence-corrected chi connectivity index (χ4v) is 4.10. The molecule has 0 aromatic heterocycles. The van der Waals surface area contributed by atoms with E-state index >= 15 is 0 Å². The van der Waals surface area contributed by atoms with Crippen molar-refractivity contribution in [2.45, 2.75) is 31.6 Å². The van der Waals surface area contributed by atoms with Crippen LogP contribution in [-0.2, 0) is 20.8 Å². The molecule has 26 heavy (non-hydrogen) atoms. The van der Waals surface area contributed by atoms with Gasteiger partial charge in [0.05, 0.1) is 17.1 Å². The van der Waals surface area contributed by atoms with Gasteiger partial charge in [-0.2, -0.15) is 13.2 Å². The van der Waals surface area contributed by atoms with Gasteiger partial charge in [-0.25, -0.2) is 13.2 Å². The summed E-state index contributed by atoms with van der Waals surface area (Å²) < 4.78 is 60.7. The fourth-order valence-electron chi connectivity index (χ4n) is 2.42. The molecule has 0 saturated carbocycles. The molecule has 1 aliphatic heterocycles. The van der Waals surface area contributed by atoms with Crippen molar-refractivity contribution < 1.29 is 31.2 Å². The number of hydrogen-bond donors (Lipinski definition) is 3. The number of urea groups is 1. The summed E-state index contributed by atoms with van der Waals surface area (Å²) in [6.07, 6.45) is -4.24. The topological polar surface area (TPSA) is 104 Å². The lowest BCUT2D eigenvalue weighted by Crippen LogP contribution is -2.49. The molecule has 11 heteroatoms. The van der Waals surface area contributed by atoms with Gasteiger partial charge in [-0.3, -0.25) is 4.79 Å². The molecule has 1 heterocycles. The van der Waals surface area contributed by atoms with Crippen molar-refractivity contribution >= 4 is 27.5 Å². The highest BCUT2D eigenvalue weighted by atomic mass is 32.2. The van der Waals surface area contributed by atoms with Crippen LogP contribution in [0.5, 0.6) is 0 Å². The molecule has 0 aliphatic carbocycles. The average Bonchev–Trinajstić information content (AvgIpc) is 2.85. The minimum absolute atomic E-state index is 0.0104. The summed E-state index contributed by atoms with van der Waals surface area (Å²) >= 11 is 0. The zero-order chi connectivity index (χ0) is 19.5. The highest BCUT2D eigenvalue weighted by Gasteiger charge is 2.31. The molecule has 3 amide bonds.